The van der Waals surface area contributed by atoms with Gasteiger partial charge in [-0.2, -0.15) is 0 Å². The van der Waals surface area contributed by atoms with Crippen LogP contribution in [0, 0.1) is 0 Å². The number of hydrogen-bond acceptors (Lipinski definition) is 7. The van der Waals surface area contributed by atoms with Crippen LogP contribution in [-0.4, -0.2) is 65.7 Å². The van der Waals surface area contributed by atoms with E-state index in [0.717, 1.165) is 10.8 Å². The zero-order valence-electron chi connectivity index (χ0n) is 14.0. The van der Waals surface area contributed by atoms with Crippen LogP contribution < -0.4 is 9.47 Å². The summed E-state index contributed by atoms with van der Waals surface area (Å²) in [5.74, 6) is 1.03. The Kier molecular flexibility index (Phi) is 5.12. The largest absolute Gasteiger partial charge is 0.496 e. The van der Waals surface area contributed by atoms with Gasteiger partial charge in [0, 0.05) is 16.3 Å². The summed E-state index contributed by atoms with van der Waals surface area (Å²) in [5, 5.41) is 41.4. The molecule has 1 saturated heterocycles. The van der Waals surface area contributed by atoms with Crippen molar-refractivity contribution in [3.05, 3.63) is 35.9 Å². The molecule has 4 N–H and O–H groups in total. The number of aliphatic hydroxyl groups excluding tert-OH is 4. The summed E-state index contributed by atoms with van der Waals surface area (Å²) in [6, 6.07) is 9.13. The average Bonchev–Trinajstić information content (AvgIpc) is 2.65. The number of ether oxygens (including phenoxy) is 3. The Morgan fingerprint density at radius 3 is 2.24 bits per heavy atom. The zero-order valence-corrected chi connectivity index (χ0v) is 14.0. The van der Waals surface area contributed by atoms with Crippen molar-refractivity contribution in [1.29, 1.82) is 0 Å². The van der Waals surface area contributed by atoms with Gasteiger partial charge in [0.25, 0.3) is 0 Å². The summed E-state index contributed by atoms with van der Waals surface area (Å²) in [6.07, 6.45) is -6.25. The first kappa shape index (κ1) is 17.9. The molecule has 0 saturated carbocycles. The fourth-order valence-corrected chi connectivity index (χ4v) is 3.30. The molecule has 0 spiro atoms. The maximum absolute atomic E-state index is 10.4. The van der Waals surface area contributed by atoms with E-state index >= 15 is 0 Å². The Bertz CT molecular complexity index is 746. The predicted octanol–water partition coefficient (Wildman–Crippen LogP) is 0.372. The van der Waals surface area contributed by atoms with Gasteiger partial charge in [-0.3, -0.25) is 0 Å². The van der Waals surface area contributed by atoms with Crippen molar-refractivity contribution in [1.82, 2.24) is 0 Å². The molecule has 0 bridgehead atoms. The van der Waals surface area contributed by atoms with Crippen LogP contribution in [0.1, 0.15) is 11.7 Å². The molecule has 0 aliphatic carbocycles. The van der Waals surface area contributed by atoms with Crippen molar-refractivity contribution in [2.75, 3.05) is 20.8 Å². The third kappa shape index (κ3) is 2.94. The Balaban J connectivity index is 2.17. The molecule has 0 aromatic heterocycles. The van der Waals surface area contributed by atoms with Crippen LogP contribution in [0.3, 0.4) is 0 Å². The third-order valence-electron chi connectivity index (χ3n) is 4.61. The lowest BCUT2D eigenvalue weighted by atomic mass is 9.89. The van der Waals surface area contributed by atoms with Gasteiger partial charge in [-0.15, -0.1) is 0 Å². The molecule has 2 aromatic carbocycles. The standard InChI is InChI=1S/C18H22O7/c1-23-12-7-11(17(24-2)10-6-4-3-5-9(10)12)18-16(22)15(21)14(20)13(8-19)25-18/h3-7,13-16,18-22H,8H2,1-2H3/t13-,14-,15+,16-,18+/m1/s1. The van der Waals surface area contributed by atoms with Crippen LogP contribution in [0.4, 0.5) is 0 Å². The van der Waals surface area contributed by atoms with Gasteiger partial charge >= 0.3 is 0 Å². The number of benzene rings is 2. The van der Waals surface area contributed by atoms with E-state index in [1.54, 1.807) is 6.07 Å². The first-order chi connectivity index (χ1) is 12.0. The number of fused-ring (bicyclic) bond motifs is 1. The van der Waals surface area contributed by atoms with Crippen molar-refractivity contribution < 1.29 is 34.6 Å². The van der Waals surface area contributed by atoms with E-state index in [-0.39, 0.29) is 0 Å². The SMILES string of the molecule is COc1cc([C@@H]2O[C@H](CO)[C@@H](O)[C@H](O)[C@H]2O)c(OC)c2ccccc12. The highest BCUT2D eigenvalue weighted by Gasteiger charge is 2.45. The molecule has 0 unspecified atom stereocenters. The summed E-state index contributed by atoms with van der Waals surface area (Å²) in [4.78, 5) is 0. The number of aliphatic hydroxyl groups is 4. The minimum absolute atomic E-state index is 0.468. The van der Waals surface area contributed by atoms with Crippen molar-refractivity contribution in [2.45, 2.75) is 30.5 Å². The molecule has 7 nitrogen and oxygen atoms in total. The highest BCUT2D eigenvalue weighted by molar-refractivity contribution is 5.94. The Morgan fingerprint density at radius 1 is 0.960 bits per heavy atom. The van der Waals surface area contributed by atoms with Gasteiger partial charge in [-0.1, -0.05) is 24.3 Å². The first-order valence-electron chi connectivity index (χ1n) is 7.97. The van der Waals surface area contributed by atoms with Crippen LogP contribution in [0.25, 0.3) is 10.8 Å². The maximum atomic E-state index is 10.4. The van der Waals surface area contributed by atoms with E-state index in [1.165, 1.54) is 14.2 Å². The molecule has 136 valence electrons. The molecule has 1 heterocycles. The van der Waals surface area contributed by atoms with Gasteiger partial charge in [-0.25, -0.2) is 0 Å². The van der Waals surface area contributed by atoms with Crippen molar-refractivity contribution in [2.24, 2.45) is 0 Å². The average molecular weight is 350 g/mol. The normalized spacial score (nSPS) is 29.6. The van der Waals surface area contributed by atoms with Gasteiger partial charge in [0.15, 0.2) is 0 Å². The smallest absolute Gasteiger partial charge is 0.132 e. The molecule has 1 aliphatic rings. The Morgan fingerprint density at radius 2 is 1.64 bits per heavy atom. The second-order valence-corrected chi connectivity index (χ2v) is 6.00. The van der Waals surface area contributed by atoms with E-state index in [1.807, 2.05) is 24.3 Å². The lowest BCUT2D eigenvalue weighted by Gasteiger charge is -2.40. The summed E-state index contributed by atoms with van der Waals surface area (Å²) in [5.41, 5.74) is 0.468. The molecule has 7 heteroatoms. The number of hydrogen-bond donors (Lipinski definition) is 4. The van der Waals surface area contributed by atoms with Crippen LogP contribution in [0.2, 0.25) is 0 Å². The van der Waals surface area contributed by atoms with Gasteiger partial charge < -0.3 is 34.6 Å². The first-order valence-corrected chi connectivity index (χ1v) is 7.97. The molecule has 5 atom stereocenters. The van der Waals surface area contributed by atoms with E-state index in [4.69, 9.17) is 14.2 Å². The molecular formula is C18H22O7. The molecule has 1 aliphatic heterocycles. The molecule has 25 heavy (non-hydrogen) atoms. The van der Waals surface area contributed by atoms with Gasteiger partial charge in [0.1, 0.15) is 42.0 Å². The minimum atomic E-state index is -1.46. The van der Waals surface area contributed by atoms with Gasteiger partial charge in [-0.05, 0) is 6.07 Å². The third-order valence-corrected chi connectivity index (χ3v) is 4.61. The lowest BCUT2D eigenvalue weighted by molar-refractivity contribution is -0.232. The van der Waals surface area contributed by atoms with Crippen LogP contribution in [0.15, 0.2) is 30.3 Å². The van der Waals surface area contributed by atoms with Crippen molar-refractivity contribution in [3.63, 3.8) is 0 Å². The Hall–Kier alpha value is -1.90. The fourth-order valence-electron chi connectivity index (χ4n) is 3.30. The number of rotatable bonds is 4. The number of methoxy groups -OCH3 is 2. The highest BCUT2D eigenvalue weighted by Crippen LogP contribution is 2.43. The van der Waals surface area contributed by atoms with Crippen molar-refractivity contribution >= 4 is 10.8 Å². The summed E-state index contributed by atoms with van der Waals surface area (Å²) >= 11 is 0. The molecular weight excluding hydrogens is 328 g/mol. The molecule has 2 aromatic rings. The van der Waals surface area contributed by atoms with Crippen molar-refractivity contribution in [3.8, 4) is 11.5 Å². The van der Waals surface area contributed by atoms with Gasteiger partial charge in [0.05, 0.1) is 20.8 Å². The second-order valence-electron chi connectivity index (χ2n) is 6.00. The quantitative estimate of drug-likeness (QED) is 0.631. The maximum Gasteiger partial charge on any atom is 0.132 e. The van der Waals surface area contributed by atoms with E-state index < -0.39 is 37.1 Å². The Labute approximate surface area is 145 Å². The van der Waals surface area contributed by atoms with Crippen LogP contribution >= 0.6 is 0 Å². The van der Waals surface area contributed by atoms with Crippen LogP contribution in [-0.2, 0) is 4.74 Å². The topological polar surface area (TPSA) is 109 Å². The van der Waals surface area contributed by atoms with E-state index in [9.17, 15) is 20.4 Å². The van der Waals surface area contributed by atoms with Gasteiger partial charge in [0.2, 0.25) is 0 Å². The van der Waals surface area contributed by atoms with E-state index in [0.29, 0.717) is 17.1 Å². The molecule has 3 rings (SSSR count). The summed E-state index contributed by atoms with van der Waals surface area (Å²) < 4.78 is 16.6. The lowest BCUT2D eigenvalue weighted by Crippen LogP contribution is -2.55. The molecule has 0 amide bonds. The fraction of sp³-hybridized carbons (Fsp3) is 0.444. The predicted molar refractivity (Wildman–Crippen MR) is 89.8 cm³/mol. The second kappa shape index (κ2) is 7.15. The van der Waals surface area contributed by atoms with E-state index in [2.05, 4.69) is 0 Å². The molecule has 1 fully saturated rings. The van der Waals surface area contributed by atoms with Crippen LogP contribution in [0.5, 0.6) is 11.5 Å². The highest BCUT2D eigenvalue weighted by atomic mass is 16.5. The molecule has 0 radical (unpaired) electrons. The zero-order chi connectivity index (χ0) is 18.1. The monoisotopic (exact) mass is 350 g/mol. The summed E-state index contributed by atoms with van der Waals surface area (Å²) in [6.45, 7) is -0.492. The minimum Gasteiger partial charge on any atom is -0.496 e. The summed E-state index contributed by atoms with van der Waals surface area (Å²) in [7, 11) is 3.03.